The molecular formula is C20H20N2O8S2. The molecule has 32 heavy (non-hydrogen) atoms. The summed E-state index contributed by atoms with van der Waals surface area (Å²) in [7, 11) is 1.19. The van der Waals surface area contributed by atoms with Crippen LogP contribution in [0.5, 0.6) is 0 Å². The summed E-state index contributed by atoms with van der Waals surface area (Å²) in [6.07, 6.45) is 1.40. The lowest BCUT2D eigenvalue weighted by Gasteiger charge is -2.46. The fraction of sp³-hybridized carbons (Fsp3) is 0.400. The van der Waals surface area contributed by atoms with Gasteiger partial charge in [0.2, 0.25) is 5.71 Å². The van der Waals surface area contributed by atoms with Crippen molar-refractivity contribution in [2.24, 2.45) is 11.1 Å². The number of furan rings is 1. The molecule has 0 aromatic carbocycles. The Kier molecular flexibility index (Phi) is 7.56. The maximum Gasteiger partial charge on any atom is 0.332 e. The molecule has 1 unspecified atom stereocenters. The molecule has 0 spiro atoms. The Balaban J connectivity index is 1.73. The van der Waals surface area contributed by atoms with Gasteiger partial charge in [-0.15, -0.1) is 0 Å². The van der Waals surface area contributed by atoms with E-state index in [1.165, 1.54) is 31.2 Å². The number of rotatable bonds is 9. The van der Waals surface area contributed by atoms with Crippen LogP contribution < -0.4 is 5.32 Å². The highest BCUT2D eigenvalue weighted by Gasteiger charge is 2.56. The summed E-state index contributed by atoms with van der Waals surface area (Å²) < 4.78 is 5.04. The predicted molar refractivity (Wildman–Crippen MR) is 117 cm³/mol. The summed E-state index contributed by atoms with van der Waals surface area (Å²) in [5, 5.41) is 14.8. The van der Waals surface area contributed by atoms with Crippen molar-refractivity contribution in [1.82, 2.24) is 5.32 Å². The first-order valence-electron chi connectivity index (χ1n) is 9.56. The largest absolute Gasteiger partial charge is 0.478 e. The minimum Gasteiger partial charge on any atom is -0.478 e. The van der Waals surface area contributed by atoms with Crippen molar-refractivity contribution in [3.8, 4) is 0 Å². The van der Waals surface area contributed by atoms with Gasteiger partial charge in [0.25, 0.3) is 11.0 Å². The zero-order chi connectivity index (χ0) is 23.4. The quantitative estimate of drug-likeness (QED) is 0.300. The van der Waals surface area contributed by atoms with Gasteiger partial charge < -0.3 is 19.7 Å². The molecule has 2 heterocycles. The number of aliphatic carboxylic acids is 1. The summed E-state index contributed by atoms with van der Waals surface area (Å²) in [6, 6.07) is 2.15. The minimum atomic E-state index is -1.23. The van der Waals surface area contributed by atoms with Crippen molar-refractivity contribution in [2.75, 3.05) is 18.6 Å². The van der Waals surface area contributed by atoms with Gasteiger partial charge >= 0.3 is 5.97 Å². The maximum atomic E-state index is 12.8. The number of carbonyl (C=O) groups excluding carboxylic acids is 4. The van der Waals surface area contributed by atoms with Crippen LogP contribution in [0.15, 0.2) is 39.1 Å². The van der Waals surface area contributed by atoms with Gasteiger partial charge in [-0.25, -0.2) is 4.79 Å². The fourth-order valence-corrected chi connectivity index (χ4v) is 5.91. The number of thioether (sulfide) groups is 2. The molecule has 0 bridgehead atoms. The molecule has 2 N–H and O–H groups in total. The molecule has 10 nitrogen and oxygen atoms in total. The number of carbonyl (C=O) groups is 5. The highest BCUT2D eigenvalue weighted by molar-refractivity contribution is 8.14. The first kappa shape index (κ1) is 23.8. The third-order valence-corrected chi connectivity index (χ3v) is 7.41. The van der Waals surface area contributed by atoms with Gasteiger partial charge in [0.05, 0.1) is 12.2 Å². The van der Waals surface area contributed by atoms with E-state index >= 15 is 0 Å². The SMILES string of the molecule is CCC(=O)/C(=N\OC)C(=O)N[C@@H]1C(=O)C2C(C(=O)O)=C(CSC(=O)c3ccco3)CS[C@@H]21. The number of nitrogens with one attached hydrogen (secondary N) is 1. The van der Waals surface area contributed by atoms with Gasteiger partial charge in [-0.3, -0.25) is 19.2 Å². The summed E-state index contributed by atoms with van der Waals surface area (Å²) in [5.74, 6) is -3.44. The van der Waals surface area contributed by atoms with Gasteiger partial charge in [0, 0.05) is 28.7 Å². The second-order valence-corrected chi connectivity index (χ2v) is 9.00. The summed E-state index contributed by atoms with van der Waals surface area (Å²) in [6.45, 7) is 1.56. The molecule has 1 aromatic rings. The van der Waals surface area contributed by atoms with Crippen molar-refractivity contribution < 1.29 is 38.3 Å². The summed E-state index contributed by atoms with van der Waals surface area (Å²) in [4.78, 5) is 65.7. The number of hydrogen-bond donors (Lipinski definition) is 2. The Morgan fingerprint density at radius 1 is 1.38 bits per heavy atom. The highest BCUT2D eigenvalue weighted by atomic mass is 32.2. The Hall–Kier alpha value is -2.86. The lowest BCUT2D eigenvalue weighted by molar-refractivity contribution is -0.139. The monoisotopic (exact) mass is 480 g/mol. The Morgan fingerprint density at radius 2 is 2.12 bits per heavy atom. The molecule has 1 aliphatic heterocycles. The van der Waals surface area contributed by atoms with Crippen LogP contribution in [0.2, 0.25) is 0 Å². The molecule has 0 radical (unpaired) electrons. The van der Waals surface area contributed by atoms with Crippen LogP contribution in [-0.2, 0) is 24.0 Å². The minimum absolute atomic E-state index is 0.0265. The van der Waals surface area contributed by atoms with Crippen molar-refractivity contribution in [2.45, 2.75) is 24.6 Å². The van der Waals surface area contributed by atoms with E-state index in [0.717, 1.165) is 11.8 Å². The van der Waals surface area contributed by atoms with E-state index in [0.29, 0.717) is 5.57 Å². The number of carboxylic acid groups (broad SMARTS) is 1. The second-order valence-electron chi connectivity index (χ2n) is 6.88. The van der Waals surface area contributed by atoms with Gasteiger partial charge in [-0.05, 0) is 17.7 Å². The van der Waals surface area contributed by atoms with E-state index in [2.05, 4.69) is 15.3 Å². The van der Waals surface area contributed by atoms with Crippen LogP contribution in [-0.4, -0.2) is 69.3 Å². The van der Waals surface area contributed by atoms with Crippen molar-refractivity contribution >= 4 is 57.8 Å². The first-order valence-corrected chi connectivity index (χ1v) is 11.6. The van der Waals surface area contributed by atoms with Crippen LogP contribution >= 0.6 is 23.5 Å². The first-order chi connectivity index (χ1) is 15.3. The van der Waals surface area contributed by atoms with Crippen molar-refractivity contribution in [1.29, 1.82) is 0 Å². The van der Waals surface area contributed by atoms with Crippen molar-refractivity contribution in [3.63, 3.8) is 0 Å². The van der Waals surface area contributed by atoms with E-state index < -0.39 is 46.4 Å². The van der Waals surface area contributed by atoms with Crippen LogP contribution in [0, 0.1) is 5.92 Å². The van der Waals surface area contributed by atoms with E-state index in [9.17, 15) is 29.1 Å². The van der Waals surface area contributed by atoms with Crippen LogP contribution in [0.4, 0.5) is 0 Å². The van der Waals surface area contributed by atoms with Gasteiger partial charge in [-0.1, -0.05) is 23.8 Å². The molecular weight excluding hydrogens is 460 g/mol. The molecule has 1 amide bonds. The smallest absolute Gasteiger partial charge is 0.332 e. The third kappa shape index (κ3) is 4.65. The summed E-state index contributed by atoms with van der Waals surface area (Å²) >= 11 is 2.23. The second kappa shape index (κ2) is 10.2. The van der Waals surface area contributed by atoms with Crippen LogP contribution in [0.3, 0.4) is 0 Å². The molecule has 0 saturated heterocycles. The zero-order valence-electron chi connectivity index (χ0n) is 17.2. The van der Waals surface area contributed by atoms with Crippen molar-refractivity contribution in [3.05, 3.63) is 35.3 Å². The standard InChI is InChI=1S/C20H20N2O8S2/c1-3-10(23)14(22-29-2)18(25)21-15-16(24)13-12(19(26)27)9(7-31-17(13)15)8-32-20(28)11-5-4-6-30-11/h4-6,13,15,17H,3,7-8H2,1-2H3,(H,21,25)(H,26,27)/b22-14+/t13?,15-,17+/m1/s1. The van der Waals surface area contributed by atoms with E-state index in [4.69, 9.17) is 4.42 Å². The molecule has 12 heteroatoms. The molecule has 170 valence electrons. The van der Waals surface area contributed by atoms with Crippen LogP contribution in [0.25, 0.3) is 0 Å². The number of ketones is 2. The highest BCUT2D eigenvalue weighted by Crippen LogP contribution is 2.46. The Morgan fingerprint density at radius 3 is 2.72 bits per heavy atom. The topological polar surface area (TPSA) is 152 Å². The number of amides is 1. The molecule has 3 atom stereocenters. The molecule has 1 aliphatic carbocycles. The number of Topliss-reactive ketones (excluding diaryl/α,β-unsaturated/α-hetero) is 2. The lowest BCUT2D eigenvalue weighted by Crippen LogP contribution is -2.66. The summed E-state index contributed by atoms with van der Waals surface area (Å²) in [5.41, 5.74) is -0.0106. The fourth-order valence-electron chi connectivity index (χ4n) is 3.45. The van der Waals surface area contributed by atoms with E-state index in [1.807, 2.05) is 0 Å². The average Bonchev–Trinajstić information content (AvgIpc) is 3.33. The molecule has 3 rings (SSSR count). The van der Waals surface area contributed by atoms with E-state index in [1.54, 1.807) is 13.0 Å². The number of carboxylic acids is 1. The lowest BCUT2D eigenvalue weighted by atomic mass is 9.71. The number of fused-ring (bicyclic) bond motifs is 1. The van der Waals surface area contributed by atoms with E-state index in [-0.39, 0.29) is 34.4 Å². The molecule has 1 fully saturated rings. The molecule has 1 aromatic heterocycles. The normalized spacial score (nSPS) is 22.6. The van der Waals surface area contributed by atoms with Gasteiger partial charge in [0.15, 0.2) is 17.3 Å². The van der Waals surface area contributed by atoms with Crippen LogP contribution in [0.1, 0.15) is 23.9 Å². The number of oxime groups is 1. The van der Waals surface area contributed by atoms with Gasteiger partial charge in [0.1, 0.15) is 13.2 Å². The molecule has 2 aliphatic rings. The zero-order valence-corrected chi connectivity index (χ0v) is 18.8. The Bertz CT molecular complexity index is 1010. The third-order valence-electron chi connectivity index (χ3n) is 5.01. The Labute approximate surface area is 191 Å². The average molecular weight is 481 g/mol. The predicted octanol–water partition coefficient (Wildman–Crippen LogP) is 1.31. The number of hydrogen-bond acceptors (Lipinski definition) is 10. The van der Waals surface area contributed by atoms with Gasteiger partial charge in [-0.2, -0.15) is 11.8 Å². The maximum absolute atomic E-state index is 12.8. The molecule has 1 saturated carbocycles. The number of nitrogens with zero attached hydrogens (tertiary/aromatic N) is 1.